The normalized spacial score (nSPS) is 18.4. The van der Waals surface area contributed by atoms with Gasteiger partial charge in [0.25, 0.3) is 0 Å². The van der Waals surface area contributed by atoms with E-state index in [0.29, 0.717) is 18.2 Å². The van der Waals surface area contributed by atoms with Gasteiger partial charge in [-0.25, -0.2) is 4.98 Å². The number of aryl methyl sites for hydroxylation is 1. The topological polar surface area (TPSA) is 38.1 Å². The number of rotatable bonds is 5. The molecule has 1 aromatic carbocycles. The van der Waals surface area contributed by atoms with Gasteiger partial charge in [0, 0.05) is 38.4 Å². The van der Waals surface area contributed by atoms with Crippen LogP contribution in [-0.4, -0.2) is 33.4 Å². The van der Waals surface area contributed by atoms with Crippen molar-refractivity contribution >= 4 is 5.91 Å². The molecular formula is C18H23N3O. The Hall–Kier alpha value is -2.10. The van der Waals surface area contributed by atoms with E-state index < -0.39 is 0 Å². The van der Waals surface area contributed by atoms with Crippen molar-refractivity contribution in [2.24, 2.45) is 5.92 Å². The van der Waals surface area contributed by atoms with Crippen molar-refractivity contribution < 1.29 is 4.79 Å². The van der Waals surface area contributed by atoms with E-state index in [-0.39, 0.29) is 0 Å². The highest BCUT2D eigenvalue weighted by Gasteiger charge is 2.23. The van der Waals surface area contributed by atoms with Crippen LogP contribution in [0.15, 0.2) is 49.1 Å². The lowest BCUT2D eigenvalue weighted by molar-refractivity contribution is -0.133. The SMILES string of the molecule is O=C(CCc1ccccc1)N1CCCC(Cn2ccnc2)C1. The van der Waals surface area contributed by atoms with Crippen molar-refractivity contribution in [2.75, 3.05) is 13.1 Å². The summed E-state index contributed by atoms with van der Waals surface area (Å²) in [4.78, 5) is 18.6. The summed E-state index contributed by atoms with van der Waals surface area (Å²) in [6, 6.07) is 10.2. The third-order valence-corrected chi connectivity index (χ3v) is 4.37. The van der Waals surface area contributed by atoms with Crippen molar-refractivity contribution in [3.8, 4) is 0 Å². The molecule has 1 aromatic heterocycles. The molecule has 1 unspecified atom stereocenters. The van der Waals surface area contributed by atoms with E-state index in [0.717, 1.165) is 32.5 Å². The fourth-order valence-electron chi connectivity index (χ4n) is 3.19. The fourth-order valence-corrected chi connectivity index (χ4v) is 3.19. The first-order chi connectivity index (χ1) is 10.8. The lowest BCUT2D eigenvalue weighted by Crippen LogP contribution is -2.41. The van der Waals surface area contributed by atoms with Crippen LogP contribution in [-0.2, 0) is 17.8 Å². The highest BCUT2D eigenvalue weighted by Crippen LogP contribution is 2.19. The maximum atomic E-state index is 12.4. The minimum atomic E-state index is 0.291. The van der Waals surface area contributed by atoms with E-state index in [1.54, 1.807) is 0 Å². The summed E-state index contributed by atoms with van der Waals surface area (Å²) >= 11 is 0. The number of likely N-dealkylation sites (tertiary alicyclic amines) is 1. The molecule has 0 aliphatic carbocycles. The zero-order chi connectivity index (χ0) is 15.2. The highest BCUT2D eigenvalue weighted by atomic mass is 16.2. The van der Waals surface area contributed by atoms with Crippen LogP contribution in [0, 0.1) is 5.92 Å². The smallest absolute Gasteiger partial charge is 0.222 e. The Morgan fingerprint density at radius 3 is 2.91 bits per heavy atom. The number of carbonyl (C=O) groups excluding carboxylic acids is 1. The summed E-state index contributed by atoms with van der Waals surface area (Å²) < 4.78 is 2.11. The van der Waals surface area contributed by atoms with Gasteiger partial charge in [-0.2, -0.15) is 0 Å². The average Bonchev–Trinajstić information content (AvgIpc) is 3.07. The van der Waals surface area contributed by atoms with Crippen LogP contribution < -0.4 is 0 Å². The Kier molecular flexibility index (Phi) is 4.88. The molecule has 22 heavy (non-hydrogen) atoms. The molecule has 116 valence electrons. The van der Waals surface area contributed by atoms with E-state index in [2.05, 4.69) is 21.7 Å². The van der Waals surface area contributed by atoms with Crippen LogP contribution in [0.1, 0.15) is 24.8 Å². The Bertz CT molecular complexity index is 580. The van der Waals surface area contributed by atoms with Crippen molar-refractivity contribution in [1.29, 1.82) is 0 Å². The van der Waals surface area contributed by atoms with Crippen molar-refractivity contribution in [1.82, 2.24) is 14.5 Å². The summed E-state index contributed by atoms with van der Waals surface area (Å²) in [5, 5.41) is 0. The molecule has 0 radical (unpaired) electrons. The van der Waals surface area contributed by atoms with Gasteiger partial charge in [0.05, 0.1) is 6.33 Å². The zero-order valence-electron chi connectivity index (χ0n) is 12.9. The monoisotopic (exact) mass is 297 g/mol. The second kappa shape index (κ2) is 7.25. The van der Waals surface area contributed by atoms with E-state index in [9.17, 15) is 4.79 Å². The number of aromatic nitrogens is 2. The summed E-state index contributed by atoms with van der Waals surface area (Å²) in [6.45, 7) is 2.75. The highest BCUT2D eigenvalue weighted by molar-refractivity contribution is 5.76. The number of benzene rings is 1. The zero-order valence-corrected chi connectivity index (χ0v) is 12.9. The molecule has 1 fully saturated rings. The van der Waals surface area contributed by atoms with Crippen LogP contribution in [0.4, 0.5) is 0 Å². The molecule has 1 aliphatic rings. The maximum Gasteiger partial charge on any atom is 0.222 e. The lowest BCUT2D eigenvalue weighted by Gasteiger charge is -2.33. The van der Waals surface area contributed by atoms with Crippen molar-refractivity contribution in [3.05, 3.63) is 54.6 Å². The maximum absolute atomic E-state index is 12.4. The van der Waals surface area contributed by atoms with Crippen LogP contribution in [0.2, 0.25) is 0 Å². The number of nitrogens with zero attached hydrogens (tertiary/aromatic N) is 3. The molecule has 4 nitrogen and oxygen atoms in total. The Morgan fingerprint density at radius 1 is 1.27 bits per heavy atom. The predicted molar refractivity (Wildman–Crippen MR) is 86.3 cm³/mol. The van der Waals surface area contributed by atoms with Crippen LogP contribution in [0.5, 0.6) is 0 Å². The number of carbonyl (C=O) groups is 1. The van der Waals surface area contributed by atoms with Crippen molar-refractivity contribution in [3.63, 3.8) is 0 Å². The first-order valence-corrected chi connectivity index (χ1v) is 8.09. The van der Waals surface area contributed by atoms with Gasteiger partial charge in [-0.3, -0.25) is 4.79 Å². The second-order valence-electron chi connectivity index (χ2n) is 6.09. The van der Waals surface area contributed by atoms with E-state index in [4.69, 9.17) is 0 Å². The van der Waals surface area contributed by atoms with Gasteiger partial charge >= 0.3 is 0 Å². The van der Waals surface area contributed by atoms with Gasteiger partial charge in [0.15, 0.2) is 0 Å². The van der Waals surface area contributed by atoms with Crippen LogP contribution >= 0.6 is 0 Å². The molecule has 0 N–H and O–H groups in total. The van der Waals surface area contributed by atoms with E-state index >= 15 is 0 Å². The molecule has 1 aliphatic heterocycles. The molecule has 1 saturated heterocycles. The number of hydrogen-bond donors (Lipinski definition) is 0. The third kappa shape index (κ3) is 3.97. The molecule has 1 amide bonds. The summed E-state index contributed by atoms with van der Waals surface area (Å²) in [6.07, 6.45) is 9.42. The van der Waals surface area contributed by atoms with Gasteiger partial charge in [0.1, 0.15) is 0 Å². The molecule has 2 heterocycles. The van der Waals surface area contributed by atoms with Gasteiger partial charge in [-0.05, 0) is 30.7 Å². The first-order valence-electron chi connectivity index (χ1n) is 8.09. The minimum Gasteiger partial charge on any atom is -0.342 e. The standard InChI is InChI=1S/C18H23N3O/c22-18(9-8-16-5-2-1-3-6-16)21-11-4-7-17(14-21)13-20-12-10-19-15-20/h1-3,5-6,10,12,15,17H,4,7-9,11,13-14H2. The van der Waals surface area contributed by atoms with E-state index in [1.807, 2.05) is 41.8 Å². The van der Waals surface area contributed by atoms with Crippen LogP contribution in [0.25, 0.3) is 0 Å². The predicted octanol–water partition coefficient (Wildman–Crippen LogP) is 2.75. The van der Waals surface area contributed by atoms with Gasteiger partial charge < -0.3 is 9.47 Å². The molecule has 0 saturated carbocycles. The average molecular weight is 297 g/mol. The van der Waals surface area contributed by atoms with E-state index in [1.165, 1.54) is 12.0 Å². The molecule has 2 aromatic rings. The molecule has 4 heteroatoms. The Morgan fingerprint density at radius 2 is 2.14 bits per heavy atom. The molecule has 0 spiro atoms. The number of amides is 1. The van der Waals surface area contributed by atoms with Crippen LogP contribution in [0.3, 0.4) is 0 Å². The Labute approximate surface area is 131 Å². The summed E-state index contributed by atoms with van der Waals surface area (Å²) in [5.74, 6) is 0.836. The number of hydrogen-bond acceptors (Lipinski definition) is 2. The summed E-state index contributed by atoms with van der Waals surface area (Å²) in [7, 11) is 0. The minimum absolute atomic E-state index is 0.291. The lowest BCUT2D eigenvalue weighted by atomic mass is 9.97. The number of imidazole rings is 1. The number of piperidine rings is 1. The third-order valence-electron chi connectivity index (χ3n) is 4.37. The molecular weight excluding hydrogens is 274 g/mol. The molecule has 0 bridgehead atoms. The Balaban J connectivity index is 1.49. The molecule has 1 atom stereocenters. The quantitative estimate of drug-likeness (QED) is 0.851. The van der Waals surface area contributed by atoms with Gasteiger partial charge in [0.2, 0.25) is 5.91 Å². The van der Waals surface area contributed by atoms with Gasteiger partial charge in [-0.1, -0.05) is 30.3 Å². The van der Waals surface area contributed by atoms with Crippen molar-refractivity contribution in [2.45, 2.75) is 32.2 Å². The summed E-state index contributed by atoms with van der Waals surface area (Å²) in [5.41, 5.74) is 1.24. The largest absolute Gasteiger partial charge is 0.342 e. The fraction of sp³-hybridized carbons (Fsp3) is 0.444. The van der Waals surface area contributed by atoms with Gasteiger partial charge in [-0.15, -0.1) is 0 Å². The molecule has 3 rings (SSSR count). The first kappa shape index (κ1) is 14.8. The second-order valence-corrected chi connectivity index (χ2v) is 6.09.